The van der Waals surface area contributed by atoms with E-state index in [1.54, 1.807) is 0 Å². The Labute approximate surface area is 72.9 Å². The molecule has 0 amide bonds. The van der Waals surface area contributed by atoms with E-state index in [1.807, 2.05) is 0 Å². The van der Waals surface area contributed by atoms with Gasteiger partial charge in [0.15, 0.2) is 0 Å². The maximum absolute atomic E-state index is 13.3. The van der Waals surface area contributed by atoms with Gasteiger partial charge in [-0.3, -0.25) is 0 Å². The minimum atomic E-state index is -4.50. The molecule has 74 valence electrons. The van der Waals surface area contributed by atoms with Gasteiger partial charge in [-0.25, -0.2) is 4.39 Å². The van der Waals surface area contributed by atoms with Gasteiger partial charge in [-0.1, -0.05) is 12.2 Å². The van der Waals surface area contributed by atoms with E-state index in [-0.39, 0.29) is 6.42 Å². The molecule has 13 heavy (non-hydrogen) atoms. The Hall–Kier alpha value is -0.840. The molecule has 0 saturated carbocycles. The first-order chi connectivity index (χ1) is 5.87. The molecular formula is C8H9F4N. The lowest BCUT2D eigenvalue weighted by molar-refractivity contribution is -0.0896. The SMILES string of the molecule is NCC1(F)C=C(C(F)(F)F)C=CC1. The van der Waals surface area contributed by atoms with Gasteiger partial charge in [-0.2, -0.15) is 13.2 Å². The van der Waals surface area contributed by atoms with Gasteiger partial charge in [0.1, 0.15) is 5.67 Å². The van der Waals surface area contributed by atoms with Crippen molar-refractivity contribution >= 4 is 0 Å². The Morgan fingerprint density at radius 2 is 2.08 bits per heavy atom. The van der Waals surface area contributed by atoms with Crippen molar-refractivity contribution < 1.29 is 17.6 Å². The van der Waals surface area contributed by atoms with Crippen molar-refractivity contribution in [3.63, 3.8) is 0 Å². The largest absolute Gasteiger partial charge is 0.416 e. The predicted molar refractivity (Wildman–Crippen MR) is 40.8 cm³/mol. The number of rotatable bonds is 1. The fourth-order valence-electron chi connectivity index (χ4n) is 1.09. The van der Waals surface area contributed by atoms with Gasteiger partial charge in [-0.05, 0) is 6.08 Å². The summed E-state index contributed by atoms with van der Waals surface area (Å²) in [5.41, 5.74) is 2.01. The van der Waals surface area contributed by atoms with Gasteiger partial charge in [0.2, 0.25) is 0 Å². The minimum Gasteiger partial charge on any atom is -0.327 e. The van der Waals surface area contributed by atoms with Crippen molar-refractivity contribution in [2.75, 3.05) is 6.54 Å². The van der Waals surface area contributed by atoms with Crippen LogP contribution in [0.1, 0.15) is 6.42 Å². The molecule has 1 rings (SSSR count). The molecule has 0 saturated heterocycles. The zero-order valence-electron chi connectivity index (χ0n) is 6.74. The lowest BCUT2D eigenvalue weighted by atomic mass is 9.93. The van der Waals surface area contributed by atoms with E-state index in [0.717, 1.165) is 12.2 Å². The third kappa shape index (κ3) is 2.30. The minimum absolute atomic E-state index is 0.0942. The Balaban J connectivity index is 2.93. The Bertz CT molecular complexity index is 253. The Morgan fingerprint density at radius 1 is 1.46 bits per heavy atom. The van der Waals surface area contributed by atoms with Gasteiger partial charge < -0.3 is 5.73 Å². The highest BCUT2D eigenvalue weighted by Crippen LogP contribution is 2.33. The number of hydrogen-bond donors (Lipinski definition) is 1. The van der Waals surface area contributed by atoms with Crippen LogP contribution < -0.4 is 5.73 Å². The summed E-state index contributed by atoms with van der Waals surface area (Å²) >= 11 is 0. The van der Waals surface area contributed by atoms with Gasteiger partial charge in [0.05, 0.1) is 5.57 Å². The molecular weight excluding hydrogens is 186 g/mol. The number of allylic oxidation sites excluding steroid dienone is 3. The van der Waals surface area contributed by atoms with Crippen molar-refractivity contribution in [2.24, 2.45) is 5.73 Å². The summed E-state index contributed by atoms with van der Waals surface area (Å²) in [4.78, 5) is 0. The number of alkyl halides is 4. The van der Waals surface area contributed by atoms with Crippen molar-refractivity contribution in [1.29, 1.82) is 0 Å². The zero-order chi connectivity index (χ0) is 10.1. The molecule has 0 fully saturated rings. The maximum Gasteiger partial charge on any atom is 0.416 e. The first-order valence-corrected chi connectivity index (χ1v) is 3.73. The van der Waals surface area contributed by atoms with Crippen LogP contribution in [0, 0.1) is 0 Å². The smallest absolute Gasteiger partial charge is 0.327 e. The zero-order valence-corrected chi connectivity index (χ0v) is 6.74. The summed E-state index contributed by atoms with van der Waals surface area (Å²) in [5.74, 6) is 0. The molecule has 1 aliphatic carbocycles. The summed E-state index contributed by atoms with van der Waals surface area (Å²) < 4.78 is 49.6. The van der Waals surface area contributed by atoms with Crippen LogP contribution in [-0.4, -0.2) is 18.4 Å². The Kier molecular flexibility index (Phi) is 2.47. The van der Waals surface area contributed by atoms with E-state index in [4.69, 9.17) is 5.73 Å². The van der Waals surface area contributed by atoms with Gasteiger partial charge in [-0.15, -0.1) is 0 Å². The van der Waals surface area contributed by atoms with E-state index in [1.165, 1.54) is 0 Å². The Morgan fingerprint density at radius 3 is 2.54 bits per heavy atom. The fraction of sp³-hybridized carbons (Fsp3) is 0.500. The van der Waals surface area contributed by atoms with E-state index in [9.17, 15) is 17.6 Å². The molecule has 0 spiro atoms. The summed E-state index contributed by atoms with van der Waals surface area (Å²) in [6, 6.07) is 0. The van der Waals surface area contributed by atoms with Crippen LogP contribution in [0.15, 0.2) is 23.8 Å². The van der Waals surface area contributed by atoms with E-state index in [0.29, 0.717) is 6.08 Å². The van der Waals surface area contributed by atoms with Crippen LogP contribution in [0.5, 0.6) is 0 Å². The molecule has 0 aliphatic heterocycles. The van der Waals surface area contributed by atoms with Crippen LogP contribution in [0.4, 0.5) is 17.6 Å². The van der Waals surface area contributed by atoms with Crippen LogP contribution in [-0.2, 0) is 0 Å². The maximum atomic E-state index is 13.3. The van der Waals surface area contributed by atoms with Crippen LogP contribution in [0.3, 0.4) is 0 Å². The van der Waals surface area contributed by atoms with Crippen molar-refractivity contribution in [2.45, 2.75) is 18.3 Å². The fourth-order valence-corrected chi connectivity index (χ4v) is 1.09. The van der Waals surface area contributed by atoms with E-state index >= 15 is 0 Å². The lowest BCUT2D eigenvalue weighted by Gasteiger charge is -2.23. The second-order valence-corrected chi connectivity index (χ2v) is 2.94. The number of halogens is 4. The molecule has 5 heteroatoms. The summed E-state index contributed by atoms with van der Waals surface area (Å²) in [7, 11) is 0. The monoisotopic (exact) mass is 195 g/mol. The van der Waals surface area contributed by atoms with Crippen LogP contribution in [0.25, 0.3) is 0 Å². The summed E-state index contributed by atoms with van der Waals surface area (Å²) in [6.45, 7) is -0.434. The molecule has 0 aromatic heterocycles. The average Bonchev–Trinajstić information content (AvgIpc) is 2.03. The molecule has 1 atom stereocenters. The molecule has 2 N–H and O–H groups in total. The highest BCUT2D eigenvalue weighted by molar-refractivity contribution is 5.32. The van der Waals surface area contributed by atoms with Gasteiger partial charge in [0, 0.05) is 13.0 Å². The first kappa shape index (κ1) is 10.2. The van der Waals surface area contributed by atoms with Gasteiger partial charge in [0.25, 0.3) is 0 Å². The molecule has 0 aromatic carbocycles. The van der Waals surface area contributed by atoms with E-state index < -0.39 is 24.0 Å². The average molecular weight is 195 g/mol. The summed E-state index contributed by atoms with van der Waals surface area (Å²) in [5, 5.41) is 0. The third-order valence-corrected chi connectivity index (χ3v) is 1.84. The third-order valence-electron chi connectivity index (χ3n) is 1.84. The number of hydrogen-bond acceptors (Lipinski definition) is 1. The van der Waals surface area contributed by atoms with Gasteiger partial charge >= 0.3 is 6.18 Å². The second kappa shape index (κ2) is 3.14. The standard InChI is InChI=1S/C8H9F4N/c9-7(5-13)3-1-2-6(4-7)8(10,11)12/h1-2,4H,3,5,13H2. The highest BCUT2D eigenvalue weighted by atomic mass is 19.4. The normalized spacial score (nSPS) is 28.8. The van der Waals surface area contributed by atoms with Crippen molar-refractivity contribution in [3.05, 3.63) is 23.8 Å². The molecule has 0 heterocycles. The second-order valence-electron chi connectivity index (χ2n) is 2.94. The molecule has 0 bridgehead atoms. The number of nitrogens with two attached hydrogens (primary N) is 1. The highest BCUT2D eigenvalue weighted by Gasteiger charge is 2.37. The molecule has 1 unspecified atom stereocenters. The van der Waals surface area contributed by atoms with Crippen LogP contribution in [0.2, 0.25) is 0 Å². The molecule has 1 aliphatic rings. The van der Waals surface area contributed by atoms with Crippen molar-refractivity contribution in [3.8, 4) is 0 Å². The summed E-state index contributed by atoms with van der Waals surface area (Å²) in [6.07, 6.45) is -2.03. The van der Waals surface area contributed by atoms with Crippen LogP contribution >= 0.6 is 0 Å². The topological polar surface area (TPSA) is 26.0 Å². The molecule has 0 aromatic rings. The lowest BCUT2D eigenvalue weighted by Crippen LogP contribution is -2.33. The molecule has 1 nitrogen and oxygen atoms in total. The quantitative estimate of drug-likeness (QED) is 0.637. The van der Waals surface area contributed by atoms with Crippen molar-refractivity contribution in [1.82, 2.24) is 0 Å². The van der Waals surface area contributed by atoms with E-state index in [2.05, 4.69) is 0 Å². The first-order valence-electron chi connectivity index (χ1n) is 3.73. The predicted octanol–water partition coefficient (Wildman–Crippen LogP) is 2.10. The molecule has 0 radical (unpaired) electrons.